The van der Waals surface area contributed by atoms with Crippen molar-refractivity contribution in [2.24, 2.45) is 0 Å². The average molecular weight is 448 g/mol. The molecule has 150 valence electrons. The Morgan fingerprint density at radius 2 is 1.86 bits per heavy atom. The molecular formula is C20H18ClN3O3S2. The molecule has 0 saturated carbocycles. The van der Waals surface area contributed by atoms with Gasteiger partial charge in [0.25, 0.3) is 5.56 Å². The number of methoxy groups -OCH3 is 1. The minimum absolute atomic E-state index is 0.128. The number of anilines is 1. The van der Waals surface area contributed by atoms with Gasteiger partial charge >= 0.3 is 0 Å². The van der Waals surface area contributed by atoms with Gasteiger partial charge in [0.05, 0.1) is 18.6 Å². The largest absolute Gasteiger partial charge is 0.497 e. The van der Waals surface area contributed by atoms with Crippen molar-refractivity contribution in [2.75, 3.05) is 18.2 Å². The van der Waals surface area contributed by atoms with E-state index >= 15 is 0 Å². The molecule has 2 aromatic carbocycles. The maximum Gasteiger partial charge on any atom is 0.251 e. The number of ether oxygens (including phenoxy) is 1. The Morgan fingerprint density at radius 1 is 1.14 bits per heavy atom. The zero-order valence-electron chi connectivity index (χ0n) is 15.5. The van der Waals surface area contributed by atoms with E-state index in [1.54, 1.807) is 43.1 Å². The molecule has 3 aromatic rings. The number of hydrogen-bond acceptors (Lipinski definition) is 6. The lowest BCUT2D eigenvalue weighted by atomic mass is 10.3. The molecule has 0 aliphatic carbocycles. The first-order chi connectivity index (χ1) is 14.0. The molecule has 9 heteroatoms. The number of aromatic amines is 1. The number of thioether (sulfide) groups is 2. The maximum absolute atomic E-state index is 12.2. The smallest absolute Gasteiger partial charge is 0.251 e. The van der Waals surface area contributed by atoms with E-state index in [1.165, 1.54) is 17.8 Å². The highest BCUT2D eigenvalue weighted by atomic mass is 35.5. The van der Waals surface area contributed by atoms with E-state index in [-0.39, 0.29) is 17.2 Å². The van der Waals surface area contributed by atoms with Crippen molar-refractivity contribution in [3.63, 3.8) is 0 Å². The van der Waals surface area contributed by atoms with Gasteiger partial charge < -0.3 is 15.0 Å². The second-order valence-corrected chi connectivity index (χ2v) is 8.30. The first-order valence-electron chi connectivity index (χ1n) is 8.57. The van der Waals surface area contributed by atoms with E-state index in [0.29, 0.717) is 33.1 Å². The lowest BCUT2D eigenvalue weighted by molar-refractivity contribution is -0.113. The van der Waals surface area contributed by atoms with Crippen LogP contribution in [0.25, 0.3) is 0 Å². The highest BCUT2D eigenvalue weighted by molar-refractivity contribution is 7.99. The van der Waals surface area contributed by atoms with E-state index in [1.807, 2.05) is 24.3 Å². The van der Waals surface area contributed by atoms with Gasteiger partial charge in [-0.2, -0.15) is 0 Å². The normalized spacial score (nSPS) is 10.6. The molecule has 0 spiro atoms. The van der Waals surface area contributed by atoms with Crippen LogP contribution in [0.15, 0.2) is 69.4 Å². The van der Waals surface area contributed by atoms with Gasteiger partial charge in [-0.15, -0.1) is 11.8 Å². The zero-order chi connectivity index (χ0) is 20.6. The fraction of sp³-hybridized carbons (Fsp3) is 0.150. The fourth-order valence-corrected chi connectivity index (χ4v) is 3.93. The van der Waals surface area contributed by atoms with Gasteiger partial charge in [-0.3, -0.25) is 9.59 Å². The van der Waals surface area contributed by atoms with E-state index in [2.05, 4.69) is 15.3 Å². The van der Waals surface area contributed by atoms with E-state index < -0.39 is 0 Å². The van der Waals surface area contributed by atoms with Crippen molar-refractivity contribution in [1.82, 2.24) is 9.97 Å². The van der Waals surface area contributed by atoms with E-state index in [0.717, 1.165) is 4.90 Å². The monoisotopic (exact) mass is 447 g/mol. The topological polar surface area (TPSA) is 84.1 Å². The molecule has 1 aromatic heterocycles. The summed E-state index contributed by atoms with van der Waals surface area (Å²) in [5.74, 6) is 1.19. The number of amides is 1. The Morgan fingerprint density at radius 3 is 2.55 bits per heavy atom. The Balaban J connectivity index is 1.55. The Bertz CT molecular complexity index is 1020. The Hall–Kier alpha value is -2.42. The number of carbonyl (C=O) groups excluding carboxylic acids is 1. The fourth-order valence-electron chi connectivity index (χ4n) is 2.32. The molecule has 0 unspecified atom stereocenters. The van der Waals surface area contributed by atoms with Crippen LogP contribution in [0, 0.1) is 0 Å². The second-order valence-electron chi connectivity index (χ2n) is 5.85. The number of aromatic nitrogens is 2. The number of H-pyrrole nitrogens is 1. The molecule has 1 heterocycles. The van der Waals surface area contributed by atoms with Crippen LogP contribution in [0.2, 0.25) is 5.02 Å². The van der Waals surface area contributed by atoms with Gasteiger partial charge in [0.1, 0.15) is 5.75 Å². The number of carbonyl (C=O) groups is 1. The van der Waals surface area contributed by atoms with Crippen molar-refractivity contribution in [2.45, 2.75) is 15.8 Å². The van der Waals surface area contributed by atoms with Gasteiger partial charge in [-0.1, -0.05) is 23.4 Å². The summed E-state index contributed by atoms with van der Waals surface area (Å²) in [6.45, 7) is 0. The standard InChI is InChI=1S/C20H18ClN3O3S2/c1-27-16-6-4-14(5-7-16)22-19(26)12-29-20-23-15(10-18(25)24-20)11-28-17-8-2-13(21)3-9-17/h2-10H,11-12H2,1H3,(H,22,26)(H,23,24,25). The number of nitrogens with zero attached hydrogens (tertiary/aromatic N) is 1. The summed E-state index contributed by atoms with van der Waals surface area (Å²) in [4.78, 5) is 32.2. The molecule has 0 fully saturated rings. The maximum atomic E-state index is 12.2. The van der Waals surface area contributed by atoms with Gasteiger partial charge in [-0.05, 0) is 48.5 Å². The van der Waals surface area contributed by atoms with Crippen LogP contribution in [0.5, 0.6) is 5.75 Å². The van der Waals surface area contributed by atoms with Crippen LogP contribution < -0.4 is 15.6 Å². The summed E-state index contributed by atoms with van der Waals surface area (Å²) in [6, 6.07) is 16.0. The molecule has 6 nitrogen and oxygen atoms in total. The predicted octanol–water partition coefficient (Wildman–Crippen LogP) is 4.46. The van der Waals surface area contributed by atoms with Gasteiger partial charge in [-0.25, -0.2) is 4.98 Å². The van der Waals surface area contributed by atoms with Crippen LogP contribution in [0.1, 0.15) is 5.69 Å². The van der Waals surface area contributed by atoms with Gasteiger partial charge in [0.15, 0.2) is 5.16 Å². The summed E-state index contributed by atoms with van der Waals surface area (Å²) in [7, 11) is 1.58. The first kappa shape index (κ1) is 21.3. The van der Waals surface area contributed by atoms with E-state index in [4.69, 9.17) is 16.3 Å². The highest BCUT2D eigenvalue weighted by Gasteiger charge is 2.08. The van der Waals surface area contributed by atoms with E-state index in [9.17, 15) is 9.59 Å². The summed E-state index contributed by atoms with van der Waals surface area (Å²) in [5.41, 5.74) is 1.07. The molecule has 0 aliphatic rings. The highest BCUT2D eigenvalue weighted by Crippen LogP contribution is 2.24. The van der Waals surface area contributed by atoms with Crippen molar-refractivity contribution in [3.05, 3.63) is 75.7 Å². The molecule has 0 radical (unpaired) electrons. The summed E-state index contributed by atoms with van der Waals surface area (Å²) in [6.07, 6.45) is 0. The van der Waals surface area contributed by atoms with Crippen molar-refractivity contribution >= 4 is 46.7 Å². The van der Waals surface area contributed by atoms with Crippen LogP contribution in [0.4, 0.5) is 5.69 Å². The van der Waals surface area contributed by atoms with Crippen molar-refractivity contribution in [1.29, 1.82) is 0 Å². The SMILES string of the molecule is COc1ccc(NC(=O)CSc2nc(CSc3ccc(Cl)cc3)cc(=O)[nH]2)cc1. The molecule has 0 saturated heterocycles. The third kappa shape index (κ3) is 6.85. The number of halogens is 1. The zero-order valence-corrected chi connectivity index (χ0v) is 17.9. The summed E-state index contributed by atoms with van der Waals surface area (Å²) in [5, 5.41) is 3.88. The number of nitrogens with one attached hydrogen (secondary N) is 2. The lowest BCUT2D eigenvalue weighted by Gasteiger charge is -2.07. The molecular weight excluding hydrogens is 430 g/mol. The predicted molar refractivity (Wildman–Crippen MR) is 118 cm³/mol. The van der Waals surface area contributed by atoms with Crippen LogP contribution in [-0.4, -0.2) is 28.7 Å². The Labute approximate surface area is 181 Å². The molecule has 3 rings (SSSR count). The second kappa shape index (κ2) is 10.4. The third-order valence-electron chi connectivity index (χ3n) is 3.69. The van der Waals surface area contributed by atoms with Crippen molar-refractivity contribution < 1.29 is 9.53 Å². The summed E-state index contributed by atoms with van der Waals surface area (Å²) >= 11 is 8.62. The average Bonchev–Trinajstić information content (AvgIpc) is 2.72. The molecule has 0 aliphatic heterocycles. The van der Waals surface area contributed by atoms with Gasteiger partial charge in [0.2, 0.25) is 5.91 Å². The van der Waals surface area contributed by atoms with Crippen LogP contribution >= 0.6 is 35.1 Å². The number of benzene rings is 2. The van der Waals surface area contributed by atoms with Gasteiger partial charge in [0, 0.05) is 27.4 Å². The Kier molecular flexibility index (Phi) is 7.62. The minimum Gasteiger partial charge on any atom is -0.497 e. The van der Waals surface area contributed by atoms with Crippen LogP contribution in [-0.2, 0) is 10.5 Å². The molecule has 29 heavy (non-hydrogen) atoms. The lowest BCUT2D eigenvalue weighted by Crippen LogP contribution is -2.15. The molecule has 0 atom stereocenters. The molecule has 1 amide bonds. The third-order valence-corrected chi connectivity index (χ3v) is 5.86. The quantitative estimate of drug-likeness (QED) is 0.392. The first-order valence-corrected chi connectivity index (χ1v) is 10.9. The summed E-state index contributed by atoms with van der Waals surface area (Å²) < 4.78 is 5.09. The minimum atomic E-state index is -0.246. The number of rotatable bonds is 8. The number of hydrogen-bond donors (Lipinski definition) is 2. The van der Waals surface area contributed by atoms with Crippen molar-refractivity contribution in [3.8, 4) is 5.75 Å². The molecule has 2 N–H and O–H groups in total. The molecule has 0 bridgehead atoms. The van der Waals surface area contributed by atoms with Crippen LogP contribution in [0.3, 0.4) is 0 Å².